The maximum Gasteiger partial charge on any atom is 0.224 e. The lowest BCUT2D eigenvalue weighted by Crippen LogP contribution is -2.33. The molecule has 0 atom stereocenters. The Morgan fingerprint density at radius 3 is 2.28 bits per heavy atom. The Hall–Kier alpha value is -2.00. The number of carbonyl (C=O) groups excluding carboxylic acids is 1. The van der Waals surface area contributed by atoms with Crippen molar-refractivity contribution in [3.8, 4) is 0 Å². The summed E-state index contributed by atoms with van der Waals surface area (Å²) in [7, 11) is 0. The van der Waals surface area contributed by atoms with E-state index in [1.54, 1.807) is 0 Å². The van der Waals surface area contributed by atoms with Gasteiger partial charge in [-0.3, -0.25) is 4.79 Å². The molecule has 1 aliphatic rings. The van der Waals surface area contributed by atoms with E-state index in [2.05, 4.69) is 69.1 Å². The molecule has 0 radical (unpaired) electrons. The summed E-state index contributed by atoms with van der Waals surface area (Å²) in [6, 6.07) is 12.7. The van der Waals surface area contributed by atoms with Crippen LogP contribution in [-0.2, 0) is 4.79 Å². The zero-order valence-electron chi connectivity index (χ0n) is 18.3. The second-order valence-corrected chi connectivity index (χ2v) is 9.99. The van der Waals surface area contributed by atoms with Crippen LogP contribution in [0.3, 0.4) is 0 Å². The number of piperidine rings is 1. The van der Waals surface area contributed by atoms with Crippen LogP contribution < -0.4 is 10.2 Å². The summed E-state index contributed by atoms with van der Waals surface area (Å²) in [5.41, 5.74) is 5.79. The first-order valence-corrected chi connectivity index (χ1v) is 10.9. The number of carbonyl (C=O) groups is 1. The Morgan fingerprint density at radius 1 is 1.10 bits per heavy atom. The van der Waals surface area contributed by atoms with Crippen molar-refractivity contribution in [1.29, 1.82) is 0 Å². The first-order chi connectivity index (χ1) is 13.6. The van der Waals surface area contributed by atoms with E-state index in [9.17, 15) is 4.79 Å². The van der Waals surface area contributed by atoms with Crippen LogP contribution in [-0.4, -0.2) is 19.0 Å². The highest BCUT2D eigenvalue weighted by Gasteiger charge is 2.22. The second kappa shape index (κ2) is 8.79. The quantitative estimate of drug-likeness (QED) is 0.604. The van der Waals surface area contributed by atoms with E-state index < -0.39 is 0 Å². The largest absolute Gasteiger partial charge is 0.371 e. The van der Waals surface area contributed by atoms with Gasteiger partial charge in [0.25, 0.3) is 0 Å². The molecule has 1 N–H and O–H groups in total. The van der Waals surface area contributed by atoms with Crippen molar-refractivity contribution in [3.05, 3.63) is 58.1 Å². The number of amides is 1. The molecule has 0 unspecified atom stereocenters. The molecule has 0 aromatic heterocycles. The average Bonchev–Trinajstić information content (AvgIpc) is 2.63. The highest BCUT2D eigenvalue weighted by molar-refractivity contribution is 6.30. The highest BCUT2D eigenvalue weighted by atomic mass is 35.5. The molecule has 0 spiro atoms. The molecular formula is C25H33ClN2O. The third-order valence-corrected chi connectivity index (χ3v) is 5.89. The van der Waals surface area contributed by atoms with Crippen molar-refractivity contribution in [2.24, 2.45) is 5.41 Å². The van der Waals surface area contributed by atoms with Gasteiger partial charge in [-0.15, -0.1) is 0 Å². The fourth-order valence-corrected chi connectivity index (χ4v) is 4.42. The number of hydrogen-bond donors (Lipinski definition) is 1. The Morgan fingerprint density at radius 2 is 1.72 bits per heavy atom. The summed E-state index contributed by atoms with van der Waals surface area (Å²) in [5.74, 6) is 0.655. The lowest BCUT2D eigenvalue weighted by Gasteiger charge is -2.34. The molecule has 1 aliphatic heterocycles. The van der Waals surface area contributed by atoms with Gasteiger partial charge in [-0.05, 0) is 79.0 Å². The number of anilines is 2. The molecule has 1 heterocycles. The summed E-state index contributed by atoms with van der Waals surface area (Å²) >= 11 is 6.17. The summed E-state index contributed by atoms with van der Waals surface area (Å²) in [5, 5.41) is 3.95. The molecule has 29 heavy (non-hydrogen) atoms. The van der Waals surface area contributed by atoms with Crippen molar-refractivity contribution >= 4 is 28.9 Å². The maximum atomic E-state index is 12.4. The molecule has 0 saturated carbocycles. The van der Waals surface area contributed by atoms with Crippen LogP contribution in [0.4, 0.5) is 11.4 Å². The molecule has 2 aromatic rings. The van der Waals surface area contributed by atoms with Crippen LogP contribution >= 0.6 is 11.6 Å². The monoisotopic (exact) mass is 412 g/mol. The predicted molar refractivity (Wildman–Crippen MR) is 124 cm³/mol. The lowest BCUT2D eigenvalue weighted by molar-refractivity contribution is -0.117. The van der Waals surface area contributed by atoms with E-state index in [-0.39, 0.29) is 11.3 Å². The standard InChI is InChI=1S/C25H33ClN2O/c1-17-13-22(14-18(2)24(17)27-23(29)16-25(3,4)5)28-11-9-19(10-12-28)20-7-6-8-21(26)15-20/h6-8,13-15,19H,9-12,16H2,1-5H3,(H,27,29). The predicted octanol–water partition coefficient (Wildman–Crippen LogP) is 6.72. The number of benzene rings is 2. The molecule has 2 aromatic carbocycles. The van der Waals surface area contributed by atoms with Crippen molar-refractivity contribution < 1.29 is 4.79 Å². The fourth-order valence-electron chi connectivity index (χ4n) is 4.22. The van der Waals surface area contributed by atoms with Crippen molar-refractivity contribution in [2.75, 3.05) is 23.3 Å². The van der Waals surface area contributed by atoms with Crippen LogP contribution in [0.1, 0.15) is 62.6 Å². The number of nitrogens with one attached hydrogen (secondary N) is 1. The van der Waals surface area contributed by atoms with Gasteiger partial charge < -0.3 is 10.2 Å². The first-order valence-electron chi connectivity index (χ1n) is 10.5. The molecule has 3 rings (SSSR count). The second-order valence-electron chi connectivity index (χ2n) is 9.56. The van der Waals surface area contributed by atoms with Crippen LogP contribution in [0, 0.1) is 19.3 Å². The summed E-state index contributed by atoms with van der Waals surface area (Å²) in [4.78, 5) is 14.8. The van der Waals surface area contributed by atoms with Crippen LogP contribution in [0.25, 0.3) is 0 Å². The van der Waals surface area contributed by atoms with Gasteiger partial charge in [-0.25, -0.2) is 0 Å². The van der Waals surface area contributed by atoms with E-state index in [0.717, 1.165) is 47.8 Å². The first kappa shape index (κ1) is 21.7. The zero-order chi connectivity index (χ0) is 21.2. The topological polar surface area (TPSA) is 32.3 Å². The van der Waals surface area contributed by atoms with Crippen LogP contribution in [0.15, 0.2) is 36.4 Å². The van der Waals surface area contributed by atoms with E-state index in [4.69, 9.17) is 11.6 Å². The lowest BCUT2D eigenvalue weighted by atomic mass is 9.89. The van der Waals surface area contributed by atoms with E-state index in [0.29, 0.717) is 12.3 Å². The van der Waals surface area contributed by atoms with E-state index in [1.165, 1.54) is 11.3 Å². The van der Waals surface area contributed by atoms with Crippen LogP contribution in [0.2, 0.25) is 5.02 Å². The molecule has 156 valence electrons. The molecule has 0 aliphatic carbocycles. The molecule has 1 saturated heterocycles. The van der Waals surface area contributed by atoms with Crippen LogP contribution in [0.5, 0.6) is 0 Å². The third kappa shape index (κ3) is 5.76. The molecule has 3 nitrogen and oxygen atoms in total. The average molecular weight is 413 g/mol. The van der Waals surface area contributed by atoms with Gasteiger partial charge in [0.15, 0.2) is 0 Å². The number of halogens is 1. The summed E-state index contributed by atoms with van der Waals surface area (Å²) < 4.78 is 0. The highest BCUT2D eigenvalue weighted by Crippen LogP contribution is 2.34. The Kier molecular flexibility index (Phi) is 6.58. The van der Waals surface area contributed by atoms with Gasteiger partial charge in [0.1, 0.15) is 0 Å². The SMILES string of the molecule is Cc1cc(N2CCC(c3cccc(Cl)c3)CC2)cc(C)c1NC(=O)CC(C)(C)C. The van der Waals surface area contributed by atoms with Crippen molar-refractivity contribution in [1.82, 2.24) is 0 Å². The summed E-state index contributed by atoms with van der Waals surface area (Å²) in [6.45, 7) is 12.5. The Labute approximate surface area is 180 Å². The summed E-state index contributed by atoms with van der Waals surface area (Å²) in [6.07, 6.45) is 2.77. The molecular weight excluding hydrogens is 380 g/mol. The Balaban J connectivity index is 1.67. The van der Waals surface area contributed by atoms with Gasteiger partial charge in [-0.2, -0.15) is 0 Å². The van der Waals surface area contributed by atoms with Gasteiger partial charge in [0.2, 0.25) is 5.91 Å². The van der Waals surface area contributed by atoms with E-state index in [1.807, 2.05) is 12.1 Å². The minimum absolute atomic E-state index is 0.0147. The minimum Gasteiger partial charge on any atom is -0.371 e. The molecule has 1 fully saturated rings. The maximum absolute atomic E-state index is 12.4. The van der Waals surface area contributed by atoms with Crippen molar-refractivity contribution in [3.63, 3.8) is 0 Å². The third-order valence-electron chi connectivity index (χ3n) is 5.65. The molecule has 4 heteroatoms. The van der Waals surface area contributed by atoms with E-state index >= 15 is 0 Å². The van der Waals surface area contributed by atoms with Gasteiger partial charge in [0, 0.05) is 35.9 Å². The Bertz CT molecular complexity index is 854. The van der Waals surface area contributed by atoms with Gasteiger partial charge >= 0.3 is 0 Å². The van der Waals surface area contributed by atoms with Gasteiger partial charge in [0.05, 0.1) is 0 Å². The van der Waals surface area contributed by atoms with Gasteiger partial charge in [-0.1, -0.05) is 44.5 Å². The number of nitrogens with zero attached hydrogens (tertiary/aromatic N) is 1. The number of hydrogen-bond acceptors (Lipinski definition) is 2. The minimum atomic E-state index is -0.0147. The fraction of sp³-hybridized carbons (Fsp3) is 0.480. The smallest absolute Gasteiger partial charge is 0.224 e. The molecule has 1 amide bonds. The normalized spacial score (nSPS) is 15.4. The molecule has 0 bridgehead atoms. The zero-order valence-corrected chi connectivity index (χ0v) is 19.1. The number of aryl methyl sites for hydroxylation is 2. The number of rotatable bonds is 4. The van der Waals surface area contributed by atoms with Crippen molar-refractivity contribution in [2.45, 2.75) is 59.8 Å².